The number of carbonyl (C=O) groups is 1. The fourth-order valence-electron chi connectivity index (χ4n) is 1.84. The molecule has 0 saturated carbocycles. The van der Waals surface area contributed by atoms with Crippen LogP contribution in [0.3, 0.4) is 0 Å². The van der Waals surface area contributed by atoms with Gasteiger partial charge in [0.1, 0.15) is 11.5 Å². The number of carbonyl (C=O) groups excluding carboxylic acids is 1. The van der Waals surface area contributed by atoms with Crippen molar-refractivity contribution in [1.29, 1.82) is 0 Å². The summed E-state index contributed by atoms with van der Waals surface area (Å²) in [7, 11) is 3.05. The number of hydrogen-bond acceptors (Lipinski definition) is 4. The molecule has 1 heterocycles. The van der Waals surface area contributed by atoms with Crippen LogP contribution in [0.4, 0.5) is 5.69 Å². The second kappa shape index (κ2) is 6.83. The van der Waals surface area contributed by atoms with Crippen molar-refractivity contribution in [2.45, 2.75) is 13.3 Å². The Kier molecular flexibility index (Phi) is 5.09. The largest absolute Gasteiger partial charge is 0.495 e. The number of benzene rings is 1. The lowest BCUT2D eigenvalue weighted by molar-refractivity contribution is 0.102. The van der Waals surface area contributed by atoms with Crippen molar-refractivity contribution in [2.24, 2.45) is 0 Å². The third-order valence-electron chi connectivity index (χ3n) is 2.99. The van der Waals surface area contributed by atoms with Crippen LogP contribution in [0.1, 0.15) is 22.2 Å². The molecule has 0 bridgehead atoms. The molecule has 1 aromatic heterocycles. The summed E-state index contributed by atoms with van der Waals surface area (Å²) in [5.74, 6) is 0.802. The van der Waals surface area contributed by atoms with Crippen molar-refractivity contribution in [2.75, 3.05) is 19.5 Å². The van der Waals surface area contributed by atoms with Crippen LogP contribution in [0.2, 0.25) is 5.02 Å². The third kappa shape index (κ3) is 3.49. The van der Waals surface area contributed by atoms with E-state index < -0.39 is 0 Å². The third-order valence-corrected chi connectivity index (χ3v) is 4.36. The van der Waals surface area contributed by atoms with Gasteiger partial charge in [0.25, 0.3) is 5.91 Å². The number of ether oxygens (including phenoxy) is 2. The standard InChI is InChI=1S/C15H16ClNO3S/c1-4-10-5-9(8-21-10)15(18)17-12-6-11(16)13(19-2)7-14(12)20-3/h5-8H,4H2,1-3H3,(H,17,18). The molecule has 4 nitrogen and oxygen atoms in total. The van der Waals surface area contributed by atoms with E-state index in [4.69, 9.17) is 21.1 Å². The Labute approximate surface area is 132 Å². The van der Waals surface area contributed by atoms with Gasteiger partial charge in [-0.1, -0.05) is 18.5 Å². The van der Waals surface area contributed by atoms with E-state index in [0.717, 1.165) is 6.42 Å². The van der Waals surface area contributed by atoms with Gasteiger partial charge < -0.3 is 14.8 Å². The first kappa shape index (κ1) is 15.7. The van der Waals surface area contributed by atoms with E-state index in [1.54, 1.807) is 23.5 Å². The molecular formula is C15H16ClNO3S. The number of aryl methyl sites for hydroxylation is 1. The summed E-state index contributed by atoms with van der Waals surface area (Å²) in [5.41, 5.74) is 1.14. The first-order valence-electron chi connectivity index (χ1n) is 6.39. The molecule has 0 spiro atoms. The average molecular weight is 326 g/mol. The van der Waals surface area contributed by atoms with Gasteiger partial charge in [0.15, 0.2) is 0 Å². The van der Waals surface area contributed by atoms with Gasteiger partial charge in [-0.15, -0.1) is 11.3 Å². The van der Waals surface area contributed by atoms with E-state index in [2.05, 4.69) is 12.2 Å². The molecule has 1 aromatic carbocycles. The monoisotopic (exact) mass is 325 g/mol. The number of nitrogens with one attached hydrogen (secondary N) is 1. The summed E-state index contributed by atoms with van der Waals surface area (Å²) in [6.45, 7) is 2.06. The number of thiophene rings is 1. The molecule has 0 unspecified atom stereocenters. The van der Waals surface area contributed by atoms with Crippen molar-refractivity contribution >= 4 is 34.5 Å². The minimum Gasteiger partial charge on any atom is -0.495 e. The van der Waals surface area contributed by atoms with Gasteiger partial charge in [0.2, 0.25) is 0 Å². The Morgan fingerprint density at radius 2 is 1.95 bits per heavy atom. The second-order valence-electron chi connectivity index (χ2n) is 4.30. The number of rotatable bonds is 5. The summed E-state index contributed by atoms with van der Waals surface area (Å²) in [6.07, 6.45) is 0.912. The predicted octanol–water partition coefficient (Wildman–Crippen LogP) is 4.23. The Morgan fingerprint density at radius 1 is 1.24 bits per heavy atom. The molecule has 1 N–H and O–H groups in total. The highest BCUT2D eigenvalue weighted by atomic mass is 35.5. The molecule has 0 atom stereocenters. The average Bonchev–Trinajstić information content (AvgIpc) is 2.96. The van der Waals surface area contributed by atoms with Crippen molar-refractivity contribution in [1.82, 2.24) is 0 Å². The predicted molar refractivity (Wildman–Crippen MR) is 86.2 cm³/mol. The number of amides is 1. The van der Waals surface area contributed by atoms with E-state index in [0.29, 0.717) is 27.8 Å². The van der Waals surface area contributed by atoms with Crippen molar-refractivity contribution in [3.05, 3.63) is 39.0 Å². The van der Waals surface area contributed by atoms with Crippen LogP contribution < -0.4 is 14.8 Å². The van der Waals surface area contributed by atoms with Crippen LogP contribution in [0.25, 0.3) is 0 Å². The molecule has 1 amide bonds. The minimum absolute atomic E-state index is 0.189. The first-order chi connectivity index (χ1) is 10.1. The van der Waals surface area contributed by atoms with Crippen molar-refractivity contribution < 1.29 is 14.3 Å². The molecule has 21 heavy (non-hydrogen) atoms. The Balaban J connectivity index is 2.26. The molecule has 2 aromatic rings. The maximum Gasteiger partial charge on any atom is 0.256 e. The normalized spacial score (nSPS) is 10.3. The van der Waals surface area contributed by atoms with Gasteiger partial charge >= 0.3 is 0 Å². The Hall–Kier alpha value is -1.72. The fourth-order valence-corrected chi connectivity index (χ4v) is 2.89. The van der Waals surface area contributed by atoms with Crippen LogP contribution in [0, 0.1) is 0 Å². The minimum atomic E-state index is -0.189. The van der Waals surface area contributed by atoms with E-state index in [1.807, 2.05) is 11.4 Å². The highest BCUT2D eigenvalue weighted by Gasteiger charge is 2.14. The first-order valence-corrected chi connectivity index (χ1v) is 7.65. The van der Waals surface area contributed by atoms with E-state index >= 15 is 0 Å². The lowest BCUT2D eigenvalue weighted by Crippen LogP contribution is -2.12. The zero-order valence-corrected chi connectivity index (χ0v) is 13.6. The van der Waals surface area contributed by atoms with Gasteiger partial charge in [0.05, 0.1) is 30.5 Å². The molecule has 6 heteroatoms. The van der Waals surface area contributed by atoms with E-state index in [-0.39, 0.29) is 5.91 Å². The lowest BCUT2D eigenvalue weighted by Gasteiger charge is -2.12. The highest BCUT2D eigenvalue weighted by Crippen LogP contribution is 2.36. The maximum absolute atomic E-state index is 12.2. The van der Waals surface area contributed by atoms with Crippen LogP contribution in [-0.2, 0) is 6.42 Å². The number of halogens is 1. The molecule has 0 fully saturated rings. The number of hydrogen-bond donors (Lipinski definition) is 1. The molecule has 0 aliphatic carbocycles. The molecular weight excluding hydrogens is 310 g/mol. The summed E-state index contributed by atoms with van der Waals surface area (Å²) in [6, 6.07) is 5.14. The molecule has 0 saturated heterocycles. The molecule has 0 radical (unpaired) electrons. The Morgan fingerprint density at radius 3 is 2.52 bits per heavy atom. The SMILES string of the molecule is CCc1cc(C(=O)Nc2cc(Cl)c(OC)cc2OC)cs1. The van der Waals surface area contributed by atoms with Crippen LogP contribution in [-0.4, -0.2) is 20.1 Å². The van der Waals surface area contributed by atoms with Gasteiger partial charge in [0, 0.05) is 16.3 Å². The van der Waals surface area contributed by atoms with E-state index in [9.17, 15) is 4.79 Å². The zero-order chi connectivity index (χ0) is 15.4. The molecule has 2 rings (SSSR count). The van der Waals surface area contributed by atoms with Crippen LogP contribution in [0.15, 0.2) is 23.6 Å². The molecule has 0 aliphatic heterocycles. The second-order valence-corrected chi connectivity index (χ2v) is 5.70. The van der Waals surface area contributed by atoms with Crippen molar-refractivity contribution in [3.8, 4) is 11.5 Å². The Bertz CT molecular complexity index is 654. The quantitative estimate of drug-likeness (QED) is 0.894. The van der Waals surface area contributed by atoms with Crippen LogP contribution in [0.5, 0.6) is 11.5 Å². The fraction of sp³-hybridized carbons (Fsp3) is 0.267. The highest BCUT2D eigenvalue weighted by molar-refractivity contribution is 7.10. The zero-order valence-electron chi connectivity index (χ0n) is 12.0. The van der Waals surface area contributed by atoms with Gasteiger partial charge in [-0.05, 0) is 18.6 Å². The maximum atomic E-state index is 12.2. The summed E-state index contributed by atoms with van der Waals surface area (Å²) >= 11 is 7.65. The smallest absolute Gasteiger partial charge is 0.256 e. The van der Waals surface area contributed by atoms with Gasteiger partial charge in [-0.25, -0.2) is 0 Å². The lowest BCUT2D eigenvalue weighted by atomic mass is 10.2. The molecule has 112 valence electrons. The van der Waals surface area contributed by atoms with E-state index in [1.165, 1.54) is 19.1 Å². The van der Waals surface area contributed by atoms with Crippen molar-refractivity contribution in [3.63, 3.8) is 0 Å². The summed E-state index contributed by atoms with van der Waals surface area (Å²) in [5, 5.41) is 5.06. The summed E-state index contributed by atoms with van der Waals surface area (Å²) in [4.78, 5) is 13.4. The topological polar surface area (TPSA) is 47.6 Å². The van der Waals surface area contributed by atoms with Gasteiger partial charge in [-0.2, -0.15) is 0 Å². The number of anilines is 1. The number of methoxy groups -OCH3 is 2. The molecule has 0 aliphatic rings. The van der Waals surface area contributed by atoms with Gasteiger partial charge in [-0.3, -0.25) is 4.79 Å². The van der Waals surface area contributed by atoms with Crippen LogP contribution >= 0.6 is 22.9 Å². The summed E-state index contributed by atoms with van der Waals surface area (Å²) < 4.78 is 10.4.